The van der Waals surface area contributed by atoms with Crippen LogP contribution < -0.4 is 5.43 Å². The molecule has 0 aliphatic heterocycles. The summed E-state index contributed by atoms with van der Waals surface area (Å²) in [5.41, 5.74) is 6.82. The summed E-state index contributed by atoms with van der Waals surface area (Å²) in [4.78, 5) is 4.67. The molecule has 5 heteroatoms. The molecule has 0 saturated carbocycles. The van der Waals surface area contributed by atoms with Crippen molar-refractivity contribution in [2.24, 2.45) is 5.10 Å². The highest BCUT2D eigenvalue weighted by Crippen LogP contribution is 2.24. The maximum Gasteiger partial charge on any atom is 0.123 e. The Balaban J connectivity index is 1.70. The molecule has 1 N–H and O–H groups in total. The number of nitrogens with zero attached hydrogens (tertiary/aromatic N) is 2. The first-order valence-corrected chi connectivity index (χ1v) is 8.39. The standard InChI is InChI=1S/C22H15F2N3/c23-17-7-5-15(6-8-17)22-13-16(20-3-1-2-4-21(20)26-22)14-25-27-19-11-9-18(24)10-12-19/h1-14,27H/b25-14+. The lowest BCUT2D eigenvalue weighted by Crippen LogP contribution is -1.95. The normalized spacial score (nSPS) is 11.2. The predicted octanol–water partition coefficient (Wildman–Crippen LogP) is 5.63. The first-order chi connectivity index (χ1) is 13.2. The smallest absolute Gasteiger partial charge is 0.123 e. The zero-order chi connectivity index (χ0) is 18.6. The molecule has 27 heavy (non-hydrogen) atoms. The van der Waals surface area contributed by atoms with Gasteiger partial charge in [0.05, 0.1) is 23.1 Å². The van der Waals surface area contributed by atoms with Crippen LogP contribution in [0.15, 0.2) is 84.0 Å². The number of para-hydroxylation sites is 1. The zero-order valence-electron chi connectivity index (χ0n) is 14.2. The fraction of sp³-hybridized carbons (Fsp3) is 0. The van der Waals surface area contributed by atoms with Crippen molar-refractivity contribution in [1.29, 1.82) is 0 Å². The number of nitrogens with one attached hydrogen (secondary N) is 1. The lowest BCUT2D eigenvalue weighted by molar-refractivity contribution is 0.627. The van der Waals surface area contributed by atoms with E-state index in [0.29, 0.717) is 5.69 Å². The second-order valence-corrected chi connectivity index (χ2v) is 6.00. The zero-order valence-corrected chi connectivity index (χ0v) is 14.2. The molecule has 1 heterocycles. The van der Waals surface area contributed by atoms with E-state index in [-0.39, 0.29) is 11.6 Å². The number of hydrazone groups is 1. The van der Waals surface area contributed by atoms with Gasteiger partial charge in [0.25, 0.3) is 0 Å². The second-order valence-electron chi connectivity index (χ2n) is 6.00. The van der Waals surface area contributed by atoms with Crippen molar-refractivity contribution in [3.8, 4) is 11.3 Å². The molecule has 4 aromatic rings. The summed E-state index contributed by atoms with van der Waals surface area (Å²) in [7, 11) is 0. The Morgan fingerprint density at radius 2 is 1.48 bits per heavy atom. The highest BCUT2D eigenvalue weighted by molar-refractivity contribution is 6.00. The average molecular weight is 359 g/mol. The summed E-state index contributed by atoms with van der Waals surface area (Å²) in [6.07, 6.45) is 1.69. The molecule has 0 amide bonds. The van der Waals surface area contributed by atoms with Crippen LogP contribution in [0.3, 0.4) is 0 Å². The van der Waals surface area contributed by atoms with Crippen molar-refractivity contribution < 1.29 is 8.78 Å². The van der Waals surface area contributed by atoms with Crippen LogP contribution in [0.2, 0.25) is 0 Å². The molecule has 0 aliphatic rings. The fourth-order valence-electron chi connectivity index (χ4n) is 2.78. The third-order valence-corrected chi connectivity index (χ3v) is 4.13. The molecule has 132 valence electrons. The van der Waals surface area contributed by atoms with E-state index in [1.54, 1.807) is 30.5 Å². The molecule has 0 atom stereocenters. The molecule has 0 aliphatic carbocycles. The van der Waals surface area contributed by atoms with Crippen molar-refractivity contribution in [3.05, 3.63) is 96.1 Å². The van der Waals surface area contributed by atoms with Crippen molar-refractivity contribution in [3.63, 3.8) is 0 Å². The van der Waals surface area contributed by atoms with Crippen molar-refractivity contribution >= 4 is 22.8 Å². The Bertz CT molecular complexity index is 1100. The van der Waals surface area contributed by atoms with Crippen LogP contribution in [0, 0.1) is 11.6 Å². The molecular weight excluding hydrogens is 344 g/mol. The fourth-order valence-corrected chi connectivity index (χ4v) is 2.78. The predicted molar refractivity (Wildman–Crippen MR) is 105 cm³/mol. The van der Waals surface area contributed by atoms with Crippen LogP contribution >= 0.6 is 0 Å². The summed E-state index contributed by atoms with van der Waals surface area (Å²) in [6.45, 7) is 0. The van der Waals surface area contributed by atoms with E-state index < -0.39 is 0 Å². The van der Waals surface area contributed by atoms with Gasteiger partial charge in [-0.05, 0) is 60.7 Å². The summed E-state index contributed by atoms with van der Waals surface area (Å²) < 4.78 is 26.2. The van der Waals surface area contributed by atoms with Crippen LogP contribution in [-0.2, 0) is 0 Å². The summed E-state index contributed by atoms with van der Waals surface area (Å²) in [5, 5.41) is 5.21. The maximum absolute atomic E-state index is 13.2. The summed E-state index contributed by atoms with van der Waals surface area (Å²) in [6, 6.07) is 21.8. The van der Waals surface area contributed by atoms with Crippen molar-refractivity contribution in [1.82, 2.24) is 4.98 Å². The van der Waals surface area contributed by atoms with E-state index in [0.717, 1.165) is 27.7 Å². The number of fused-ring (bicyclic) bond motifs is 1. The van der Waals surface area contributed by atoms with Gasteiger partial charge >= 0.3 is 0 Å². The number of rotatable bonds is 4. The van der Waals surface area contributed by atoms with Crippen molar-refractivity contribution in [2.45, 2.75) is 0 Å². The van der Waals surface area contributed by atoms with Gasteiger partial charge in [0.2, 0.25) is 0 Å². The molecule has 4 rings (SSSR count). The third kappa shape index (κ3) is 3.82. The van der Waals surface area contributed by atoms with E-state index in [9.17, 15) is 8.78 Å². The van der Waals surface area contributed by atoms with Gasteiger partial charge in [-0.15, -0.1) is 0 Å². The molecule has 3 aromatic carbocycles. The average Bonchev–Trinajstić information content (AvgIpc) is 2.70. The van der Waals surface area contributed by atoms with Crippen LogP contribution in [0.4, 0.5) is 14.5 Å². The highest BCUT2D eigenvalue weighted by atomic mass is 19.1. The van der Waals surface area contributed by atoms with E-state index in [1.165, 1.54) is 24.3 Å². The van der Waals surface area contributed by atoms with Crippen LogP contribution in [0.1, 0.15) is 5.56 Å². The van der Waals surface area contributed by atoms with Gasteiger partial charge in [-0.1, -0.05) is 18.2 Å². The third-order valence-electron chi connectivity index (χ3n) is 4.13. The van der Waals surface area contributed by atoms with Gasteiger partial charge in [0.1, 0.15) is 11.6 Å². The molecule has 3 nitrogen and oxygen atoms in total. The van der Waals surface area contributed by atoms with E-state index in [1.807, 2.05) is 30.3 Å². The number of hydrogen-bond acceptors (Lipinski definition) is 3. The van der Waals surface area contributed by atoms with Gasteiger partial charge in [-0.2, -0.15) is 5.10 Å². The molecule has 0 unspecified atom stereocenters. The van der Waals surface area contributed by atoms with Gasteiger partial charge in [-0.25, -0.2) is 13.8 Å². The molecule has 0 fully saturated rings. The number of halogens is 2. The number of benzene rings is 3. The Kier molecular flexibility index (Phi) is 4.58. The lowest BCUT2D eigenvalue weighted by Gasteiger charge is -2.07. The minimum absolute atomic E-state index is 0.287. The Hall–Kier alpha value is -3.60. The minimum Gasteiger partial charge on any atom is -0.279 e. The van der Waals surface area contributed by atoms with Crippen molar-refractivity contribution in [2.75, 3.05) is 5.43 Å². The quantitative estimate of drug-likeness (QED) is 0.379. The topological polar surface area (TPSA) is 37.3 Å². The number of anilines is 1. The molecular formula is C22H15F2N3. The maximum atomic E-state index is 13.2. The van der Waals surface area contributed by atoms with Crippen LogP contribution in [-0.4, -0.2) is 11.2 Å². The highest BCUT2D eigenvalue weighted by Gasteiger charge is 2.06. The van der Waals surface area contributed by atoms with Gasteiger partial charge in [0.15, 0.2) is 0 Å². The Morgan fingerprint density at radius 1 is 0.815 bits per heavy atom. The second kappa shape index (κ2) is 7.33. The van der Waals surface area contributed by atoms with Crippen LogP contribution in [0.5, 0.6) is 0 Å². The van der Waals surface area contributed by atoms with E-state index in [4.69, 9.17) is 0 Å². The molecule has 0 spiro atoms. The Labute approximate surface area is 155 Å². The largest absolute Gasteiger partial charge is 0.279 e. The number of pyridine rings is 1. The number of aromatic nitrogens is 1. The molecule has 0 bridgehead atoms. The SMILES string of the molecule is Fc1ccc(N/N=C/c2cc(-c3ccc(F)cc3)nc3ccccc23)cc1. The Morgan fingerprint density at radius 3 is 2.22 bits per heavy atom. The first-order valence-electron chi connectivity index (χ1n) is 8.39. The minimum atomic E-state index is -0.298. The molecule has 1 aromatic heterocycles. The lowest BCUT2D eigenvalue weighted by atomic mass is 10.0. The number of hydrogen-bond donors (Lipinski definition) is 1. The summed E-state index contributed by atoms with van der Waals surface area (Å²) in [5.74, 6) is -0.585. The van der Waals surface area contributed by atoms with Gasteiger partial charge in [-0.3, -0.25) is 5.43 Å². The van der Waals surface area contributed by atoms with E-state index >= 15 is 0 Å². The first kappa shape index (κ1) is 16.8. The molecule has 0 saturated heterocycles. The molecule has 0 radical (unpaired) electrons. The van der Waals surface area contributed by atoms with Gasteiger partial charge in [0, 0.05) is 16.5 Å². The summed E-state index contributed by atoms with van der Waals surface area (Å²) >= 11 is 0. The van der Waals surface area contributed by atoms with Crippen LogP contribution in [0.25, 0.3) is 22.2 Å². The van der Waals surface area contributed by atoms with E-state index in [2.05, 4.69) is 15.5 Å². The van der Waals surface area contributed by atoms with Gasteiger partial charge < -0.3 is 0 Å². The monoisotopic (exact) mass is 359 g/mol.